The number of benzene rings is 1. The van der Waals surface area contributed by atoms with Gasteiger partial charge in [0, 0.05) is 23.1 Å². The van der Waals surface area contributed by atoms with Crippen LogP contribution in [0.2, 0.25) is 0 Å². The number of hydrogen-bond acceptors (Lipinski definition) is 2. The summed E-state index contributed by atoms with van der Waals surface area (Å²) in [6, 6.07) is 4.67. The third-order valence-electron chi connectivity index (χ3n) is 5.09. The van der Waals surface area contributed by atoms with Crippen LogP contribution < -0.4 is 10.5 Å². The first kappa shape index (κ1) is 16.4. The molecule has 0 heterocycles. The van der Waals surface area contributed by atoms with Crippen molar-refractivity contribution in [1.29, 1.82) is 0 Å². The van der Waals surface area contributed by atoms with E-state index >= 15 is 0 Å². The molecule has 21 heavy (non-hydrogen) atoms. The monoisotopic (exact) mass is 289 g/mol. The van der Waals surface area contributed by atoms with Gasteiger partial charge < -0.3 is 10.5 Å². The van der Waals surface area contributed by atoms with Gasteiger partial charge in [0.2, 0.25) is 0 Å². The molecule has 118 valence electrons. The second-order valence-corrected chi connectivity index (χ2v) is 7.52. The van der Waals surface area contributed by atoms with Crippen LogP contribution in [0.15, 0.2) is 12.1 Å². The molecule has 1 fully saturated rings. The van der Waals surface area contributed by atoms with Crippen molar-refractivity contribution in [2.75, 3.05) is 13.7 Å². The molecule has 2 nitrogen and oxygen atoms in total. The molecule has 0 aromatic heterocycles. The van der Waals surface area contributed by atoms with E-state index in [1.165, 1.54) is 42.4 Å². The van der Waals surface area contributed by atoms with Gasteiger partial charge >= 0.3 is 0 Å². The van der Waals surface area contributed by atoms with Gasteiger partial charge in [-0.2, -0.15) is 0 Å². The predicted molar refractivity (Wildman–Crippen MR) is 90.3 cm³/mol. The first-order valence-electron chi connectivity index (χ1n) is 8.30. The standard InChI is InChI=1S/C19H31NO/c1-6-14-11-15(18(2,3)4)17(21-5)16(12-14)19(13-20)9-7-8-10-19/h11-12H,6-10,13,20H2,1-5H3. The summed E-state index contributed by atoms with van der Waals surface area (Å²) < 4.78 is 5.89. The highest BCUT2D eigenvalue weighted by Crippen LogP contribution is 2.47. The van der Waals surface area contributed by atoms with Crippen LogP contribution >= 0.6 is 0 Å². The fourth-order valence-electron chi connectivity index (χ4n) is 3.70. The Morgan fingerprint density at radius 2 is 1.81 bits per heavy atom. The van der Waals surface area contributed by atoms with E-state index in [2.05, 4.69) is 39.8 Å². The largest absolute Gasteiger partial charge is 0.496 e. The minimum atomic E-state index is 0.0830. The summed E-state index contributed by atoms with van der Waals surface area (Å²) in [5.74, 6) is 1.08. The molecule has 1 aromatic rings. The molecule has 1 aliphatic rings. The molecule has 0 atom stereocenters. The number of rotatable bonds is 4. The molecule has 2 N–H and O–H groups in total. The van der Waals surface area contributed by atoms with Gasteiger partial charge in [-0.3, -0.25) is 0 Å². The first-order chi connectivity index (χ1) is 9.88. The van der Waals surface area contributed by atoms with Gasteiger partial charge in [-0.15, -0.1) is 0 Å². The molecule has 0 aliphatic heterocycles. The zero-order valence-electron chi connectivity index (χ0n) is 14.4. The molecule has 1 saturated carbocycles. The highest BCUT2D eigenvalue weighted by Gasteiger charge is 2.38. The van der Waals surface area contributed by atoms with Crippen molar-refractivity contribution in [3.63, 3.8) is 0 Å². The molecular formula is C19H31NO. The van der Waals surface area contributed by atoms with Gasteiger partial charge in [-0.25, -0.2) is 0 Å². The normalized spacial score (nSPS) is 18.0. The molecule has 0 spiro atoms. The zero-order valence-corrected chi connectivity index (χ0v) is 14.4. The van der Waals surface area contributed by atoms with Crippen LogP contribution in [0.1, 0.15) is 70.1 Å². The van der Waals surface area contributed by atoms with E-state index in [1.54, 1.807) is 7.11 Å². The van der Waals surface area contributed by atoms with Gasteiger partial charge in [0.15, 0.2) is 0 Å². The second kappa shape index (κ2) is 6.00. The zero-order chi connectivity index (χ0) is 15.7. The molecule has 0 bridgehead atoms. The van der Waals surface area contributed by atoms with Crippen molar-refractivity contribution in [3.8, 4) is 5.75 Å². The molecule has 1 aliphatic carbocycles. The lowest BCUT2D eigenvalue weighted by atomic mass is 9.74. The summed E-state index contributed by atoms with van der Waals surface area (Å²) >= 11 is 0. The SMILES string of the molecule is CCc1cc(C(C)(C)C)c(OC)c(C2(CN)CCCC2)c1. The number of ether oxygens (including phenoxy) is 1. The van der Waals surface area contributed by atoms with Crippen LogP contribution in [-0.4, -0.2) is 13.7 Å². The number of aryl methyl sites for hydroxylation is 1. The highest BCUT2D eigenvalue weighted by molar-refractivity contribution is 5.52. The minimum Gasteiger partial charge on any atom is -0.496 e. The summed E-state index contributed by atoms with van der Waals surface area (Å²) in [6.07, 6.45) is 6.00. The Kier molecular flexibility index (Phi) is 4.67. The summed E-state index contributed by atoms with van der Waals surface area (Å²) in [5, 5.41) is 0. The van der Waals surface area contributed by atoms with E-state index in [0.717, 1.165) is 18.7 Å². The van der Waals surface area contributed by atoms with E-state index in [0.29, 0.717) is 0 Å². The predicted octanol–water partition coefficient (Wildman–Crippen LogP) is 4.33. The van der Waals surface area contributed by atoms with Gasteiger partial charge in [0.1, 0.15) is 5.75 Å². The summed E-state index contributed by atoms with van der Waals surface area (Å²) in [4.78, 5) is 0. The molecule has 1 aromatic carbocycles. The third-order valence-corrected chi connectivity index (χ3v) is 5.09. The molecule has 2 heteroatoms. The Balaban J connectivity index is 2.69. The molecule has 0 saturated heterocycles. The summed E-state index contributed by atoms with van der Waals surface area (Å²) in [5.41, 5.74) is 10.5. The maximum atomic E-state index is 6.22. The molecule has 2 rings (SSSR count). The van der Waals surface area contributed by atoms with Gasteiger partial charge in [-0.1, -0.05) is 52.7 Å². The maximum absolute atomic E-state index is 6.22. The van der Waals surface area contributed by atoms with E-state index in [9.17, 15) is 0 Å². The van der Waals surface area contributed by atoms with E-state index in [-0.39, 0.29) is 10.8 Å². The Morgan fingerprint density at radius 3 is 2.24 bits per heavy atom. The lowest BCUT2D eigenvalue weighted by molar-refractivity contribution is 0.365. The van der Waals surface area contributed by atoms with Crippen LogP contribution in [0.25, 0.3) is 0 Å². The van der Waals surface area contributed by atoms with Crippen molar-refractivity contribution in [2.24, 2.45) is 5.73 Å². The van der Waals surface area contributed by atoms with Crippen LogP contribution in [0.3, 0.4) is 0 Å². The molecule has 0 unspecified atom stereocenters. The van der Waals surface area contributed by atoms with Crippen molar-refractivity contribution in [3.05, 3.63) is 28.8 Å². The Hall–Kier alpha value is -1.02. The Bertz CT molecular complexity index is 493. The fourth-order valence-corrected chi connectivity index (χ4v) is 3.70. The van der Waals surface area contributed by atoms with Crippen molar-refractivity contribution in [2.45, 2.75) is 70.6 Å². The second-order valence-electron chi connectivity index (χ2n) is 7.52. The quantitative estimate of drug-likeness (QED) is 0.895. The van der Waals surface area contributed by atoms with Gasteiger partial charge in [0.05, 0.1) is 7.11 Å². The lowest BCUT2D eigenvalue weighted by Gasteiger charge is -2.33. The average Bonchev–Trinajstić information content (AvgIpc) is 2.94. The van der Waals surface area contributed by atoms with Crippen LogP contribution in [-0.2, 0) is 17.3 Å². The Morgan fingerprint density at radius 1 is 1.19 bits per heavy atom. The third kappa shape index (κ3) is 2.96. The number of nitrogens with two attached hydrogens (primary N) is 1. The van der Waals surface area contributed by atoms with E-state index in [4.69, 9.17) is 10.5 Å². The molecule has 0 amide bonds. The van der Waals surface area contributed by atoms with Crippen molar-refractivity contribution >= 4 is 0 Å². The smallest absolute Gasteiger partial charge is 0.126 e. The minimum absolute atomic E-state index is 0.0830. The van der Waals surface area contributed by atoms with E-state index in [1.807, 2.05) is 0 Å². The van der Waals surface area contributed by atoms with Crippen LogP contribution in [0.4, 0.5) is 0 Å². The Labute approximate surface area is 130 Å². The molecular weight excluding hydrogens is 258 g/mol. The number of methoxy groups -OCH3 is 1. The van der Waals surface area contributed by atoms with Gasteiger partial charge in [0.25, 0.3) is 0 Å². The van der Waals surface area contributed by atoms with Crippen molar-refractivity contribution < 1.29 is 4.74 Å². The van der Waals surface area contributed by atoms with Gasteiger partial charge in [-0.05, 0) is 30.2 Å². The first-order valence-corrected chi connectivity index (χ1v) is 8.30. The van der Waals surface area contributed by atoms with Crippen LogP contribution in [0, 0.1) is 0 Å². The van der Waals surface area contributed by atoms with Crippen LogP contribution in [0.5, 0.6) is 5.75 Å². The maximum Gasteiger partial charge on any atom is 0.126 e. The lowest BCUT2D eigenvalue weighted by Crippen LogP contribution is -2.33. The number of hydrogen-bond donors (Lipinski definition) is 1. The fraction of sp³-hybridized carbons (Fsp3) is 0.684. The topological polar surface area (TPSA) is 35.2 Å². The summed E-state index contributed by atoms with van der Waals surface area (Å²) in [6.45, 7) is 9.73. The highest BCUT2D eigenvalue weighted by atomic mass is 16.5. The van der Waals surface area contributed by atoms with Crippen molar-refractivity contribution in [1.82, 2.24) is 0 Å². The average molecular weight is 289 g/mol. The molecule has 0 radical (unpaired) electrons. The van der Waals surface area contributed by atoms with E-state index < -0.39 is 0 Å². The summed E-state index contributed by atoms with van der Waals surface area (Å²) in [7, 11) is 1.80.